The maximum absolute atomic E-state index is 10.7. The van der Waals surface area contributed by atoms with Crippen LogP contribution in [0, 0.1) is 13.8 Å². The molecule has 0 aromatic carbocycles. The van der Waals surface area contributed by atoms with Gasteiger partial charge in [0.15, 0.2) is 12.0 Å². The fourth-order valence-corrected chi connectivity index (χ4v) is 0.806. The Morgan fingerprint density at radius 3 is 2.64 bits per heavy atom. The predicted molar refractivity (Wildman–Crippen MR) is 39.8 cm³/mol. The Kier molecular flexibility index (Phi) is 1.89. The van der Waals surface area contributed by atoms with Gasteiger partial charge >= 0.3 is 5.63 Å². The average molecular weight is 152 g/mol. The maximum Gasteiger partial charge on any atom is 0.336 e. The smallest absolute Gasteiger partial charge is 0.336 e. The van der Waals surface area contributed by atoms with E-state index < -0.39 is 5.63 Å². The molecular weight excluding hydrogens is 144 g/mol. The molecule has 0 unspecified atom stereocenters. The predicted octanol–water partition coefficient (Wildman–Crippen LogP) is 1.07. The number of hydrogen-bond acceptors (Lipinski definition) is 3. The molecule has 0 radical (unpaired) electrons. The Labute approximate surface area is 63.7 Å². The van der Waals surface area contributed by atoms with Gasteiger partial charge in [-0.2, -0.15) is 0 Å². The number of rotatable bonds is 1. The van der Waals surface area contributed by atoms with Crippen LogP contribution in [0.4, 0.5) is 0 Å². The molecule has 1 aromatic heterocycles. The zero-order valence-corrected chi connectivity index (χ0v) is 6.38. The second-order valence-corrected chi connectivity index (χ2v) is 2.36. The van der Waals surface area contributed by atoms with Crippen molar-refractivity contribution in [2.45, 2.75) is 13.8 Å². The quantitative estimate of drug-likeness (QED) is 0.565. The van der Waals surface area contributed by atoms with E-state index in [9.17, 15) is 9.59 Å². The summed E-state index contributed by atoms with van der Waals surface area (Å²) in [4.78, 5) is 21.0. The largest absolute Gasteiger partial charge is 0.420 e. The molecule has 0 amide bonds. The van der Waals surface area contributed by atoms with Crippen LogP contribution >= 0.6 is 0 Å². The molecule has 0 saturated heterocycles. The Morgan fingerprint density at radius 2 is 2.09 bits per heavy atom. The van der Waals surface area contributed by atoms with E-state index in [0.717, 1.165) is 11.1 Å². The maximum atomic E-state index is 10.7. The molecular formula is C8H8O3. The monoisotopic (exact) mass is 152 g/mol. The van der Waals surface area contributed by atoms with Crippen molar-refractivity contribution in [2.75, 3.05) is 0 Å². The van der Waals surface area contributed by atoms with Crippen LogP contribution in [0.25, 0.3) is 0 Å². The molecule has 3 heteroatoms. The zero-order chi connectivity index (χ0) is 8.43. The number of carbonyl (C=O) groups excluding carboxylic acids is 1. The first-order valence-electron chi connectivity index (χ1n) is 3.21. The van der Waals surface area contributed by atoms with E-state index in [2.05, 4.69) is 4.42 Å². The fourth-order valence-electron chi connectivity index (χ4n) is 0.806. The Hall–Kier alpha value is -1.38. The van der Waals surface area contributed by atoms with E-state index in [1.807, 2.05) is 0 Å². The van der Waals surface area contributed by atoms with Crippen LogP contribution in [0.3, 0.4) is 0 Å². The van der Waals surface area contributed by atoms with E-state index >= 15 is 0 Å². The van der Waals surface area contributed by atoms with Gasteiger partial charge in [0.05, 0.1) is 0 Å². The van der Waals surface area contributed by atoms with Crippen molar-refractivity contribution < 1.29 is 9.21 Å². The minimum Gasteiger partial charge on any atom is -0.420 e. The second-order valence-electron chi connectivity index (χ2n) is 2.36. The summed E-state index contributed by atoms with van der Waals surface area (Å²) in [5.41, 5.74) is 1.03. The summed E-state index contributed by atoms with van der Waals surface area (Å²) >= 11 is 0. The zero-order valence-electron chi connectivity index (χ0n) is 6.38. The molecule has 58 valence electrons. The van der Waals surface area contributed by atoms with Crippen LogP contribution in [0.1, 0.15) is 21.7 Å². The minimum atomic E-state index is -0.477. The summed E-state index contributed by atoms with van der Waals surface area (Å²) in [5.74, 6) is 0.120. The third-order valence-electron chi connectivity index (χ3n) is 1.61. The van der Waals surface area contributed by atoms with E-state index in [-0.39, 0.29) is 5.76 Å². The van der Waals surface area contributed by atoms with Gasteiger partial charge in [0.1, 0.15) is 0 Å². The topological polar surface area (TPSA) is 47.3 Å². The molecule has 0 bridgehead atoms. The van der Waals surface area contributed by atoms with E-state index in [4.69, 9.17) is 0 Å². The molecule has 0 fully saturated rings. The summed E-state index contributed by atoms with van der Waals surface area (Å²) in [6.07, 6.45) is 0.545. The molecule has 0 spiro atoms. The van der Waals surface area contributed by atoms with Crippen molar-refractivity contribution in [1.82, 2.24) is 0 Å². The third-order valence-corrected chi connectivity index (χ3v) is 1.61. The van der Waals surface area contributed by atoms with Gasteiger partial charge in [-0.05, 0) is 25.0 Å². The molecule has 0 aliphatic rings. The fraction of sp³-hybridized carbons (Fsp3) is 0.250. The molecule has 0 N–H and O–H groups in total. The van der Waals surface area contributed by atoms with Gasteiger partial charge in [-0.25, -0.2) is 4.79 Å². The summed E-state index contributed by atoms with van der Waals surface area (Å²) < 4.78 is 4.61. The summed E-state index contributed by atoms with van der Waals surface area (Å²) in [6, 6.07) is 1.36. The van der Waals surface area contributed by atoms with Gasteiger partial charge in [0.2, 0.25) is 0 Å². The van der Waals surface area contributed by atoms with Crippen LogP contribution in [-0.4, -0.2) is 6.29 Å². The molecule has 1 rings (SSSR count). The normalized spacial score (nSPS) is 9.64. The molecule has 3 nitrogen and oxygen atoms in total. The summed E-state index contributed by atoms with van der Waals surface area (Å²) in [6.45, 7) is 3.50. The van der Waals surface area contributed by atoms with Crippen LogP contribution in [0.2, 0.25) is 0 Å². The molecule has 1 aromatic rings. The first kappa shape index (κ1) is 7.72. The van der Waals surface area contributed by atoms with E-state index in [0.29, 0.717) is 6.29 Å². The lowest BCUT2D eigenvalue weighted by molar-refractivity contribution is 0.109. The number of hydrogen-bond donors (Lipinski definition) is 0. The molecule has 0 saturated carbocycles. The highest BCUT2D eigenvalue weighted by atomic mass is 16.4. The third kappa shape index (κ3) is 1.37. The standard InChI is InChI=1S/C8H8O3/c1-5-3-8(10)11-7(4-9)6(5)2/h3-4H,1-2H3. The Balaban J connectivity index is 3.48. The Morgan fingerprint density at radius 1 is 1.45 bits per heavy atom. The van der Waals surface area contributed by atoms with Crippen molar-refractivity contribution in [3.63, 3.8) is 0 Å². The number of aldehydes is 1. The molecule has 0 aliphatic heterocycles. The van der Waals surface area contributed by atoms with Crippen LogP contribution < -0.4 is 5.63 Å². The van der Waals surface area contributed by atoms with Gasteiger partial charge in [0, 0.05) is 6.07 Å². The minimum absolute atomic E-state index is 0.120. The van der Waals surface area contributed by atoms with Gasteiger partial charge < -0.3 is 4.42 Å². The van der Waals surface area contributed by atoms with Crippen molar-refractivity contribution in [2.24, 2.45) is 0 Å². The lowest BCUT2D eigenvalue weighted by Crippen LogP contribution is -2.03. The SMILES string of the molecule is Cc1cc(=O)oc(C=O)c1C. The van der Waals surface area contributed by atoms with Crippen LogP contribution in [0.5, 0.6) is 0 Å². The lowest BCUT2D eigenvalue weighted by atomic mass is 10.1. The highest BCUT2D eigenvalue weighted by Crippen LogP contribution is 2.06. The van der Waals surface area contributed by atoms with Gasteiger partial charge in [-0.1, -0.05) is 0 Å². The summed E-state index contributed by atoms with van der Waals surface area (Å²) in [7, 11) is 0. The van der Waals surface area contributed by atoms with Crippen molar-refractivity contribution in [3.05, 3.63) is 33.4 Å². The molecule has 1 heterocycles. The summed E-state index contributed by atoms with van der Waals surface area (Å²) in [5, 5.41) is 0. The van der Waals surface area contributed by atoms with Gasteiger partial charge in [-0.15, -0.1) is 0 Å². The van der Waals surface area contributed by atoms with Crippen LogP contribution in [-0.2, 0) is 0 Å². The second kappa shape index (κ2) is 2.70. The van der Waals surface area contributed by atoms with Crippen LogP contribution in [0.15, 0.2) is 15.3 Å². The van der Waals surface area contributed by atoms with Gasteiger partial charge in [-0.3, -0.25) is 4.79 Å². The average Bonchev–Trinajstić information content (AvgIpc) is 1.96. The number of aryl methyl sites for hydroxylation is 1. The first-order valence-corrected chi connectivity index (χ1v) is 3.21. The molecule has 0 aliphatic carbocycles. The number of carbonyl (C=O) groups is 1. The van der Waals surface area contributed by atoms with E-state index in [1.165, 1.54) is 6.07 Å². The first-order chi connectivity index (χ1) is 5.15. The van der Waals surface area contributed by atoms with Crippen molar-refractivity contribution in [1.29, 1.82) is 0 Å². The Bertz CT molecular complexity index is 336. The van der Waals surface area contributed by atoms with Gasteiger partial charge in [0.25, 0.3) is 0 Å². The van der Waals surface area contributed by atoms with Crippen molar-refractivity contribution >= 4 is 6.29 Å². The highest BCUT2D eigenvalue weighted by molar-refractivity contribution is 5.73. The molecule has 11 heavy (non-hydrogen) atoms. The molecule has 0 atom stereocenters. The highest BCUT2D eigenvalue weighted by Gasteiger charge is 2.03. The lowest BCUT2D eigenvalue weighted by Gasteiger charge is -1.98. The van der Waals surface area contributed by atoms with E-state index in [1.54, 1.807) is 13.8 Å². The van der Waals surface area contributed by atoms with Crippen molar-refractivity contribution in [3.8, 4) is 0 Å².